The molecule has 0 rings (SSSR count). The Bertz CT molecular complexity index is 95.4. The molecule has 0 aromatic carbocycles. The Hall–Kier alpha value is 0.830. The van der Waals surface area contributed by atoms with E-state index in [-0.39, 0.29) is 12.4 Å². The summed E-state index contributed by atoms with van der Waals surface area (Å²) in [6.07, 6.45) is 5.33. The summed E-state index contributed by atoms with van der Waals surface area (Å²) in [5.41, 5.74) is 0. The van der Waals surface area contributed by atoms with E-state index in [0.29, 0.717) is 0 Å². The van der Waals surface area contributed by atoms with E-state index in [0.717, 1.165) is 24.8 Å². The first kappa shape index (κ1) is 17.2. The van der Waals surface area contributed by atoms with E-state index >= 15 is 0 Å². The van der Waals surface area contributed by atoms with Gasteiger partial charge in [-0.3, -0.25) is 0 Å². The lowest BCUT2D eigenvalue weighted by Crippen LogP contribution is -3.12. The largest absolute Gasteiger partial charge is 1.00 e. The van der Waals surface area contributed by atoms with Crippen LogP contribution in [0.2, 0.25) is 0 Å². The molecule has 0 aromatic rings. The summed E-state index contributed by atoms with van der Waals surface area (Å²) in [7, 11) is 0. The second-order valence-corrected chi connectivity index (χ2v) is 4.19. The van der Waals surface area contributed by atoms with E-state index in [1.807, 2.05) is 0 Å². The van der Waals surface area contributed by atoms with E-state index in [2.05, 4.69) is 6.92 Å². The normalized spacial score (nSPS) is 10.3. The molecule has 0 aliphatic heterocycles. The van der Waals surface area contributed by atoms with Gasteiger partial charge in [-0.05, 0) is 12.8 Å². The van der Waals surface area contributed by atoms with Crippen molar-refractivity contribution in [3.63, 3.8) is 0 Å². The van der Waals surface area contributed by atoms with Gasteiger partial charge >= 0.3 is 0 Å². The minimum atomic E-state index is 0. The van der Waals surface area contributed by atoms with E-state index in [1.54, 1.807) is 4.90 Å². The summed E-state index contributed by atoms with van der Waals surface area (Å²) in [5, 5.41) is 0. The molecule has 0 amide bonds. The maximum Gasteiger partial charge on any atom is 0.0908 e. The number of halogens is 3. The summed E-state index contributed by atoms with van der Waals surface area (Å²) in [4.78, 5) is 1.56. The summed E-state index contributed by atoms with van der Waals surface area (Å²) < 4.78 is 0. The average Bonchev–Trinajstić information content (AvgIpc) is 2.13. The molecular formula is C10H22Cl3N. The fourth-order valence-corrected chi connectivity index (χ4v) is 1.98. The fraction of sp³-hybridized carbons (Fsp3) is 1.00. The van der Waals surface area contributed by atoms with Crippen molar-refractivity contribution in [3.05, 3.63) is 0 Å². The van der Waals surface area contributed by atoms with Crippen molar-refractivity contribution in [2.45, 2.75) is 32.6 Å². The van der Waals surface area contributed by atoms with Crippen LogP contribution in [0.1, 0.15) is 32.6 Å². The van der Waals surface area contributed by atoms with Crippen LogP contribution in [0.3, 0.4) is 0 Å². The Balaban J connectivity index is 0. The fourth-order valence-electron chi connectivity index (χ4n) is 1.44. The molecule has 0 saturated carbocycles. The second kappa shape index (κ2) is 13.8. The summed E-state index contributed by atoms with van der Waals surface area (Å²) in [6.45, 7) is 5.59. The number of hydrogen-bond donors (Lipinski definition) is 1. The molecule has 0 unspecified atom stereocenters. The van der Waals surface area contributed by atoms with Crippen LogP contribution >= 0.6 is 23.2 Å². The van der Waals surface area contributed by atoms with Gasteiger partial charge in [0.05, 0.1) is 31.4 Å². The van der Waals surface area contributed by atoms with Gasteiger partial charge in [-0.25, -0.2) is 0 Å². The first-order valence-corrected chi connectivity index (χ1v) is 6.37. The molecule has 4 heteroatoms. The molecular weight excluding hydrogens is 240 g/mol. The highest BCUT2D eigenvalue weighted by Crippen LogP contribution is 1.95. The third-order valence-corrected chi connectivity index (χ3v) is 2.66. The minimum Gasteiger partial charge on any atom is -1.00 e. The van der Waals surface area contributed by atoms with Crippen molar-refractivity contribution in [2.24, 2.45) is 0 Å². The van der Waals surface area contributed by atoms with Crippen molar-refractivity contribution in [2.75, 3.05) is 31.4 Å². The van der Waals surface area contributed by atoms with Gasteiger partial charge in [0.15, 0.2) is 0 Å². The van der Waals surface area contributed by atoms with Gasteiger partial charge in [0, 0.05) is 0 Å². The van der Waals surface area contributed by atoms with E-state index in [4.69, 9.17) is 23.2 Å². The number of rotatable bonds is 9. The zero-order valence-electron chi connectivity index (χ0n) is 9.00. The summed E-state index contributed by atoms with van der Waals surface area (Å²) in [6, 6.07) is 0. The predicted molar refractivity (Wildman–Crippen MR) is 61.1 cm³/mol. The molecule has 1 N–H and O–H groups in total. The molecule has 0 aliphatic carbocycles. The monoisotopic (exact) mass is 261 g/mol. The van der Waals surface area contributed by atoms with Crippen LogP contribution in [0.5, 0.6) is 0 Å². The zero-order valence-corrected chi connectivity index (χ0v) is 11.3. The van der Waals surface area contributed by atoms with Crippen LogP contribution in [0, 0.1) is 0 Å². The summed E-state index contributed by atoms with van der Waals surface area (Å²) >= 11 is 11.4. The maximum absolute atomic E-state index is 5.71. The van der Waals surface area contributed by atoms with Crippen molar-refractivity contribution < 1.29 is 17.3 Å². The Morgan fingerprint density at radius 1 is 0.857 bits per heavy atom. The van der Waals surface area contributed by atoms with Crippen LogP contribution in [0.4, 0.5) is 0 Å². The first-order valence-electron chi connectivity index (χ1n) is 5.30. The Morgan fingerprint density at radius 3 is 1.86 bits per heavy atom. The molecule has 88 valence electrons. The van der Waals surface area contributed by atoms with Gasteiger partial charge in [0.1, 0.15) is 0 Å². The summed E-state index contributed by atoms with van der Waals surface area (Å²) in [5.74, 6) is 1.50. The Morgan fingerprint density at radius 2 is 1.43 bits per heavy atom. The highest BCUT2D eigenvalue weighted by atomic mass is 35.5. The SMILES string of the molecule is CCCCCC[NH+](CCCl)CCCl.[Cl-]. The van der Waals surface area contributed by atoms with Crippen LogP contribution in [0.15, 0.2) is 0 Å². The maximum atomic E-state index is 5.71. The molecule has 0 aliphatic rings. The van der Waals surface area contributed by atoms with Gasteiger partial charge < -0.3 is 17.3 Å². The number of alkyl halides is 2. The third kappa shape index (κ3) is 10.9. The molecule has 0 fully saturated rings. The quantitative estimate of drug-likeness (QED) is 0.399. The third-order valence-electron chi connectivity index (χ3n) is 2.28. The molecule has 14 heavy (non-hydrogen) atoms. The molecule has 0 spiro atoms. The molecule has 0 saturated heterocycles. The van der Waals surface area contributed by atoms with Gasteiger partial charge in [-0.2, -0.15) is 0 Å². The molecule has 0 aromatic heterocycles. The topological polar surface area (TPSA) is 4.44 Å². The molecule has 0 bridgehead atoms. The van der Waals surface area contributed by atoms with Crippen molar-refractivity contribution >= 4 is 23.2 Å². The lowest BCUT2D eigenvalue weighted by atomic mass is 10.2. The van der Waals surface area contributed by atoms with Crippen LogP contribution in [-0.2, 0) is 0 Å². The highest BCUT2D eigenvalue weighted by Gasteiger charge is 2.05. The highest BCUT2D eigenvalue weighted by molar-refractivity contribution is 6.18. The number of unbranched alkanes of at least 4 members (excludes halogenated alkanes) is 3. The molecule has 0 heterocycles. The smallest absolute Gasteiger partial charge is 0.0908 e. The number of nitrogens with one attached hydrogen (secondary N) is 1. The standard InChI is InChI=1S/C10H21Cl2N.ClH/c1-2-3-4-5-8-13(9-6-11)10-7-12;/h2-10H2,1H3;1H. The minimum absolute atomic E-state index is 0. The number of quaternary nitrogens is 1. The Labute approximate surface area is 105 Å². The molecule has 0 atom stereocenters. The van der Waals surface area contributed by atoms with E-state index < -0.39 is 0 Å². The number of hydrogen-bond acceptors (Lipinski definition) is 0. The van der Waals surface area contributed by atoms with Crippen LogP contribution in [0.25, 0.3) is 0 Å². The van der Waals surface area contributed by atoms with Crippen LogP contribution in [-0.4, -0.2) is 31.4 Å². The zero-order chi connectivity index (χ0) is 9.94. The van der Waals surface area contributed by atoms with Gasteiger partial charge in [-0.1, -0.05) is 19.8 Å². The second-order valence-electron chi connectivity index (χ2n) is 3.44. The van der Waals surface area contributed by atoms with Gasteiger partial charge in [0.2, 0.25) is 0 Å². The van der Waals surface area contributed by atoms with Crippen molar-refractivity contribution in [1.82, 2.24) is 0 Å². The van der Waals surface area contributed by atoms with E-state index in [9.17, 15) is 0 Å². The lowest BCUT2D eigenvalue weighted by Gasteiger charge is -2.16. The van der Waals surface area contributed by atoms with Crippen LogP contribution < -0.4 is 17.3 Å². The van der Waals surface area contributed by atoms with E-state index in [1.165, 1.54) is 32.2 Å². The Kier molecular flexibility index (Phi) is 17.0. The molecule has 1 nitrogen and oxygen atoms in total. The molecule has 0 radical (unpaired) electrons. The first-order chi connectivity index (χ1) is 6.35. The average molecular weight is 263 g/mol. The van der Waals surface area contributed by atoms with Gasteiger partial charge in [-0.15, -0.1) is 23.2 Å². The van der Waals surface area contributed by atoms with Gasteiger partial charge in [0.25, 0.3) is 0 Å². The van der Waals surface area contributed by atoms with Crippen molar-refractivity contribution in [3.8, 4) is 0 Å². The van der Waals surface area contributed by atoms with Crippen molar-refractivity contribution in [1.29, 1.82) is 0 Å². The predicted octanol–water partition coefficient (Wildman–Crippen LogP) is -1.07. The lowest BCUT2D eigenvalue weighted by molar-refractivity contribution is -0.895.